The number of rotatable bonds is 7. The molecule has 0 saturated heterocycles. The topological polar surface area (TPSA) is 45.5 Å². The van der Waals surface area contributed by atoms with Crippen molar-refractivity contribution >= 4 is 0 Å². The van der Waals surface area contributed by atoms with Gasteiger partial charge in [0.1, 0.15) is 0 Å². The zero-order valence-electron chi connectivity index (χ0n) is 11.6. The number of aryl methyl sites for hydroxylation is 1. The second-order valence-corrected chi connectivity index (χ2v) is 5.01. The van der Waals surface area contributed by atoms with Crippen LogP contribution in [0.5, 0.6) is 5.75 Å². The lowest BCUT2D eigenvalue weighted by molar-refractivity contribution is 0.379. The fraction of sp³-hybridized carbons (Fsp3) is 0.643. The van der Waals surface area contributed by atoms with Gasteiger partial charge in [0.05, 0.1) is 6.20 Å². The number of aromatic hydroxyl groups is 1. The Morgan fingerprint density at radius 1 is 1.28 bits per heavy atom. The van der Waals surface area contributed by atoms with Crippen molar-refractivity contribution in [2.75, 3.05) is 14.1 Å². The monoisotopic (exact) mass is 252 g/mol. The normalized spacial score (nSPS) is 11.1. The van der Waals surface area contributed by atoms with Gasteiger partial charge in [-0.15, -0.1) is 0 Å². The summed E-state index contributed by atoms with van der Waals surface area (Å²) in [4.78, 5) is 13.5. The number of hydrogen-bond donors (Lipinski definition) is 1. The molecule has 1 aromatic heterocycles. The molecule has 0 radical (unpaired) electrons. The molecular weight excluding hydrogens is 228 g/mol. The molecule has 0 saturated carbocycles. The van der Waals surface area contributed by atoms with E-state index in [1.54, 1.807) is 6.20 Å². The average Bonchev–Trinajstić information content (AvgIpc) is 2.30. The van der Waals surface area contributed by atoms with Crippen LogP contribution in [-0.2, 0) is 13.1 Å². The number of nitrogens with zero attached hydrogens (tertiary/aromatic N) is 2. The van der Waals surface area contributed by atoms with Gasteiger partial charge in [-0.3, -0.25) is 4.79 Å². The van der Waals surface area contributed by atoms with E-state index in [-0.39, 0.29) is 11.2 Å². The van der Waals surface area contributed by atoms with Gasteiger partial charge in [-0.25, -0.2) is 0 Å². The number of aromatic nitrogens is 1. The lowest BCUT2D eigenvalue weighted by atomic mass is 10.2. The highest BCUT2D eigenvalue weighted by atomic mass is 16.3. The van der Waals surface area contributed by atoms with Gasteiger partial charge in [0.15, 0.2) is 5.75 Å². The van der Waals surface area contributed by atoms with Gasteiger partial charge in [0.25, 0.3) is 0 Å². The molecule has 4 nitrogen and oxygen atoms in total. The highest BCUT2D eigenvalue weighted by Crippen LogP contribution is 2.10. The van der Waals surface area contributed by atoms with Gasteiger partial charge < -0.3 is 14.6 Å². The lowest BCUT2D eigenvalue weighted by Crippen LogP contribution is -2.19. The first-order chi connectivity index (χ1) is 8.54. The van der Waals surface area contributed by atoms with Crippen LogP contribution in [0.2, 0.25) is 0 Å². The molecule has 0 aliphatic carbocycles. The first kappa shape index (κ1) is 14.8. The minimum atomic E-state index is -0.295. The van der Waals surface area contributed by atoms with Crippen LogP contribution >= 0.6 is 0 Å². The molecule has 0 amide bonds. The fourth-order valence-corrected chi connectivity index (χ4v) is 1.98. The Bertz CT molecular complexity index is 424. The van der Waals surface area contributed by atoms with Gasteiger partial charge >= 0.3 is 0 Å². The molecule has 1 heterocycles. The number of hydrogen-bond acceptors (Lipinski definition) is 3. The Hall–Kier alpha value is -1.29. The Labute approximate surface area is 109 Å². The summed E-state index contributed by atoms with van der Waals surface area (Å²) in [5.74, 6) is -0.159. The summed E-state index contributed by atoms with van der Waals surface area (Å²) in [6.07, 6.45) is 6.27. The Balaban J connectivity index is 2.79. The Kier molecular flexibility index (Phi) is 5.92. The van der Waals surface area contributed by atoms with Gasteiger partial charge in [-0.05, 0) is 20.5 Å². The maximum Gasteiger partial charge on any atom is 0.223 e. The molecule has 0 aliphatic rings. The van der Waals surface area contributed by atoms with Crippen molar-refractivity contribution in [3.05, 3.63) is 28.2 Å². The van der Waals surface area contributed by atoms with Gasteiger partial charge in [0.2, 0.25) is 5.43 Å². The van der Waals surface area contributed by atoms with Crippen LogP contribution in [0.15, 0.2) is 17.1 Å². The minimum absolute atomic E-state index is 0.159. The highest BCUT2D eigenvalue weighted by molar-refractivity contribution is 5.20. The first-order valence-electron chi connectivity index (χ1n) is 6.61. The summed E-state index contributed by atoms with van der Waals surface area (Å²) in [5, 5.41) is 9.51. The van der Waals surface area contributed by atoms with E-state index in [0.29, 0.717) is 6.54 Å². The molecule has 0 spiro atoms. The van der Waals surface area contributed by atoms with Crippen molar-refractivity contribution in [3.8, 4) is 5.75 Å². The van der Waals surface area contributed by atoms with Crippen molar-refractivity contribution in [1.82, 2.24) is 9.47 Å². The van der Waals surface area contributed by atoms with Crippen LogP contribution in [0, 0.1) is 0 Å². The minimum Gasteiger partial charge on any atom is -0.503 e. The third-order valence-electron chi connectivity index (χ3n) is 2.93. The van der Waals surface area contributed by atoms with Gasteiger partial charge in [-0.2, -0.15) is 0 Å². The predicted octanol–water partition coefficient (Wildman–Crippen LogP) is 2.20. The fourth-order valence-electron chi connectivity index (χ4n) is 1.98. The second kappa shape index (κ2) is 7.21. The Morgan fingerprint density at radius 3 is 2.61 bits per heavy atom. The van der Waals surface area contributed by atoms with Gasteiger partial charge in [0, 0.05) is 24.8 Å². The van der Waals surface area contributed by atoms with E-state index in [4.69, 9.17) is 0 Å². The quantitative estimate of drug-likeness (QED) is 0.757. The summed E-state index contributed by atoms with van der Waals surface area (Å²) in [7, 11) is 3.94. The van der Waals surface area contributed by atoms with Crippen molar-refractivity contribution in [3.63, 3.8) is 0 Å². The summed E-state index contributed by atoms with van der Waals surface area (Å²) in [6.45, 7) is 3.75. The predicted molar refractivity (Wildman–Crippen MR) is 73.9 cm³/mol. The molecule has 1 rings (SSSR count). The molecular formula is C14H24N2O2. The molecule has 0 fully saturated rings. The second-order valence-electron chi connectivity index (χ2n) is 5.01. The first-order valence-corrected chi connectivity index (χ1v) is 6.61. The Morgan fingerprint density at radius 2 is 2.00 bits per heavy atom. The van der Waals surface area contributed by atoms with Crippen LogP contribution in [0.1, 0.15) is 38.3 Å². The lowest BCUT2D eigenvalue weighted by Gasteiger charge is -2.17. The zero-order valence-corrected chi connectivity index (χ0v) is 11.6. The van der Waals surface area contributed by atoms with E-state index in [2.05, 4.69) is 6.92 Å². The zero-order chi connectivity index (χ0) is 13.5. The summed E-state index contributed by atoms with van der Waals surface area (Å²) in [5.41, 5.74) is 0.663. The van der Waals surface area contributed by atoms with Gasteiger partial charge in [-0.1, -0.05) is 26.2 Å². The van der Waals surface area contributed by atoms with E-state index in [1.165, 1.54) is 25.3 Å². The summed E-state index contributed by atoms with van der Waals surface area (Å²) < 4.78 is 1.99. The third kappa shape index (κ3) is 4.53. The molecule has 1 aromatic rings. The molecule has 0 bridgehead atoms. The van der Waals surface area contributed by atoms with Crippen molar-refractivity contribution in [2.24, 2.45) is 0 Å². The molecule has 4 heteroatoms. The largest absolute Gasteiger partial charge is 0.503 e. The molecule has 1 N–H and O–H groups in total. The van der Waals surface area contributed by atoms with Crippen LogP contribution in [0.3, 0.4) is 0 Å². The standard InChI is InChI=1S/C14H24N2O2/c1-4-5-6-7-8-16-11-14(18)13(17)9-12(16)10-15(2)3/h9,11,18H,4-8,10H2,1-3H3. The maximum absolute atomic E-state index is 11.5. The average molecular weight is 252 g/mol. The van der Waals surface area contributed by atoms with Crippen LogP contribution in [0.25, 0.3) is 0 Å². The molecule has 0 aromatic carbocycles. The van der Waals surface area contributed by atoms with Crippen LogP contribution < -0.4 is 5.43 Å². The number of unbranched alkanes of at least 4 members (excludes halogenated alkanes) is 3. The van der Waals surface area contributed by atoms with Crippen LogP contribution in [0.4, 0.5) is 0 Å². The molecule has 0 aliphatic heterocycles. The smallest absolute Gasteiger partial charge is 0.223 e. The third-order valence-corrected chi connectivity index (χ3v) is 2.93. The molecule has 0 atom stereocenters. The van der Waals surface area contributed by atoms with E-state index in [0.717, 1.165) is 18.7 Å². The van der Waals surface area contributed by atoms with Crippen molar-refractivity contribution < 1.29 is 5.11 Å². The SMILES string of the molecule is CCCCCCn1cc(O)c(=O)cc1CN(C)C. The van der Waals surface area contributed by atoms with E-state index in [9.17, 15) is 9.90 Å². The highest BCUT2D eigenvalue weighted by Gasteiger charge is 2.06. The molecule has 102 valence electrons. The summed E-state index contributed by atoms with van der Waals surface area (Å²) >= 11 is 0. The molecule has 18 heavy (non-hydrogen) atoms. The van der Waals surface area contributed by atoms with Crippen molar-refractivity contribution in [2.45, 2.75) is 45.7 Å². The summed E-state index contributed by atoms with van der Waals surface area (Å²) in [6, 6.07) is 1.54. The molecule has 0 unspecified atom stereocenters. The van der Waals surface area contributed by atoms with E-state index >= 15 is 0 Å². The van der Waals surface area contributed by atoms with E-state index in [1.807, 2.05) is 23.6 Å². The van der Waals surface area contributed by atoms with E-state index < -0.39 is 0 Å². The van der Waals surface area contributed by atoms with Crippen molar-refractivity contribution in [1.29, 1.82) is 0 Å². The van der Waals surface area contributed by atoms with Crippen LogP contribution in [-0.4, -0.2) is 28.7 Å². The maximum atomic E-state index is 11.5. The number of pyridine rings is 1.